The molecule has 2 amide bonds. The highest BCUT2D eigenvalue weighted by molar-refractivity contribution is 5.87. The SMILES string of the molecule is C/C=C\C(=O)NCCCCCCN1CCCC1=O. The Balaban J connectivity index is 1.90. The van der Waals surface area contributed by atoms with E-state index >= 15 is 0 Å². The van der Waals surface area contributed by atoms with Crippen molar-refractivity contribution in [3.05, 3.63) is 12.2 Å². The van der Waals surface area contributed by atoms with Crippen LogP contribution < -0.4 is 5.32 Å². The summed E-state index contributed by atoms with van der Waals surface area (Å²) in [5.41, 5.74) is 0. The van der Waals surface area contributed by atoms with Gasteiger partial charge in [0.15, 0.2) is 0 Å². The summed E-state index contributed by atoms with van der Waals surface area (Å²) in [7, 11) is 0. The van der Waals surface area contributed by atoms with Crippen molar-refractivity contribution >= 4 is 11.8 Å². The molecule has 0 atom stereocenters. The molecule has 0 aromatic rings. The highest BCUT2D eigenvalue weighted by atomic mass is 16.2. The third kappa shape index (κ3) is 5.84. The Bertz CT molecular complexity index is 300. The molecule has 0 radical (unpaired) electrons. The van der Waals surface area contributed by atoms with E-state index in [9.17, 15) is 9.59 Å². The summed E-state index contributed by atoms with van der Waals surface area (Å²) in [6.07, 6.45) is 9.36. The molecule has 0 saturated carbocycles. The second-order valence-corrected chi connectivity index (χ2v) is 4.69. The van der Waals surface area contributed by atoms with Gasteiger partial charge >= 0.3 is 0 Å². The minimum atomic E-state index is -0.0137. The normalized spacial score (nSPS) is 15.6. The van der Waals surface area contributed by atoms with Crippen LogP contribution in [-0.2, 0) is 9.59 Å². The van der Waals surface area contributed by atoms with E-state index in [0.29, 0.717) is 5.91 Å². The molecule has 1 aliphatic rings. The number of nitrogens with zero attached hydrogens (tertiary/aromatic N) is 1. The molecule has 1 aliphatic heterocycles. The zero-order valence-electron chi connectivity index (χ0n) is 11.3. The van der Waals surface area contributed by atoms with Gasteiger partial charge in [-0.3, -0.25) is 9.59 Å². The van der Waals surface area contributed by atoms with Crippen LogP contribution in [0.1, 0.15) is 45.4 Å². The Kier molecular flexibility index (Phi) is 7.14. The van der Waals surface area contributed by atoms with Crippen LogP contribution in [0.5, 0.6) is 0 Å². The predicted octanol–water partition coefficient (Wildman–Crippen LogP) is 1.86. The largest absolute Gasteiger partial charge is 0.353 e. The fourth-order valence-electron chi connectivity index (χ4n) is 2.14. The molecule has 1 fully saturated rings. The van der Waals surface area contributed by atoms with Gasteiger partial charge in [-0.2, -0.15) is 0 Å². The van der Waals surface area contributed by atoms with Crippen molar-refractivity contribution < 1.29 is 9.59 Å². The van der Waals surface area contributed by atoms with E-state index in [0.717, 1.165) is 58.2 Å². The number of hydrogen-bond acceptors (Lipinski definition) is 2. The summed E-state index contributed by atoms with van der Waals surface area (Å²) in [5, 5.41) is 2.83. The van der Waals surface area contributed by atoms with Crippen LogP contribution in [0.2, 0.25) is 0 Å². The Labute approximate surface area is 109 Å². The van der Waals surface area contributed by atoms with Crippen molar-refractivity contribution in [3.63, 3.8) is 0 Å². The molecule has 0 bridgehead atoms. The fraction of sp³-hybridized carbons (Fsp3) is 0.714. The number of allylic oxidation sites excluding steroid dienone is 1. The first kappa shape index (κ1) is 14.7. The van der Waals surface area contributed by atoms with Crippen molar-refractivity contribution in [1.82, 2.24) is 10.2 Å². The first-order chi connectivity index (χ1) is 8.74. The third-order valence-corrected chi connectivity index (χ3v) is 3.14. The zero-order chi connectivity index (χ0) is 13.2. The summed E-state index contributed by atoms with van der Waals surface area (Å²) in [6, 6.07) is 0. The van der Waals surface area contributed by atoms with E-state index in [1.54, 1.807) is 12.2 Å². The molecule has 102 valence electrons. The van der Waals surface area contributed by atoms with Gasteiger partial charge in [0.05, 0.1) is 0 Å². The maximum Gasteiger partial charge on any atom is 0.243 e. The van der Waals surface area contributed by atoms with Gasteiger partial charge < -0.3 is 10.2 Å². The molecule has 1 N–H and O–H groups in total. The van der Waals surface area contributed by atoms with Crippen LogP contribution in [0.4, 0.5) is 0 Å². The van der Waals surface area contributed by atoms with E-state index in [1.807, 2.05) is 11.8 Å². The molecule has 0 aliphatic carbocycles. The fourth-order valence-corrected chi connectivity index (χ4v) is 2.14. The lowest BCUT2D eigenvalue weighted by atomic mass is 10.2. The monoisotopic (exact) mass is 252 g/mol. The molecular formula is C14H24N2O2. The van der Waals surface area contributed by atoms with Gasteiger partial charge in [0.2, 0.25) is 11.8 Å². The zero-order valence-corrected chi connectivity index (χ0v) is 11.3. The van der Waals surface area contributed by atoms with Crippen LogP contribution in [0.3, 0.4) is 0 Å². The number of carbonyl (C=O) groups is 2. The van der Waals surface area contributed by atoms with Gasteiger partial charge in [0.25, 0.3) is 0 Å². The number of rotatable bonds is 8. The molecule has 0 spiro atoms. The molecule has 0 aromatic heterocycles. The minimum absolute atomic E-state index is 0.0137. The molecule has 0 aromatic carbocycles. The molecular weight excluding hydrogens is 228 g/mol. The standard InChI is InChI=1S/C14H24N2O2/c1-2-8-13(17)15-10-5-3-4-6-11-16-12-7-9-14(16)18/h2,8H,3-7,9-12H2,1H3,(H,15,17)/b8-2-. The summed E-state index contributed by atoms with van der Waals surface area (Å²) in [5.74, 6) is 0.300. The third-order valence-electron chi connectivity index (χ3n) is 3.14. The topological polar surface area (TPSA) is 49.4 Å². The number of carbonyl (C=O) groups excluding carboxylic acids is 2. The molecule has 4 heteroatoms. The van der Waals surface area contributed by atoms with E-state index < -0.39 is 0 Å². The first-order valence-corrected chi connectivity index (χ1v) is 6.92. The average molecular weight is 252 g/mol. The van der Waals surface area contributed by atoms with Crippen LogP contribution >= 0.6 is 0 Å². The quantitative estimate of drug-likeness (QED) is 0.529. The number of amides is 2. The summed E-state index contributed by atoms with van der Waals surface area (Å²) in [4.78, 5) is 24.4. The van der Waals surface area contributed by atoms with E-state index in [-0.39, 0.29) is 5.91 Å². The second kappa shape index (κ2) is 8.72. The Morgan fingerprint density at radius 2 is 2.11 bits per heavy atom. The van der Waals surface area contributed by atoms with Crippen molar-refractivity contribution in [1.29, 1.82) is 0 Å². The lowest BCUT2D eigenvalue weighted by Gasteiger charge is -2.14. The maximum absolute atomic E-state index is 11.3. The summed E-state index contributed by atoms with van der Waals surface area (Å²) >= 11 is 0. The Hall–Kier alpha value is -1.32. The molecule has 1 rings (SSSR count). The van der Waals surface area contributed by atoms with Crippen molar-refractivity contribution in [2.45, 2.75) is 45.4 Å². The molecule has 1 saturated heterocycles. The number of unbranched alkanes of at least 4 members (excludes halogenated alkanes) is 3. The average Bonchev–Trinajstić information content (AvgIpc) is 2.74. The van der Waals surface area contributed by atoms with Gasteiger partial charge in [-0.25, -0.2) is 0 Å². The number of hydrogen-bond donors (Lipinski definition) is 1. The predicted molar refractivity (Wildman–Crippen MR) is 72.1 cm³/mol. The van der Waals surface area contributed by atoms with Gasteiger partial charge in [0.1, 0.15) is 0 Å². The smallest absolute Gasteiger partial charge is 0.243 e. The van der Waals surface area contributed by atoms with Crippen LogP contribution in [0, 0.1) is 0 Å². The minimum Gasteiger partial charge on any atom is -0.353 e. The van der Waals surface area contributed by atoms with Gasteiger partial charge in [-0.1, -0.05) is 18.9 Å². The molecule has 0 unspecified atom stereocenters. The number of likely N-dealkylation sites (tertiary alicyclic amines) is 1. The lowest BCUT2D eigenvalue weighted by Crippen LogP contribution is -2.25. The molecule has 4 nitrogen and oxygen atoms in total. The van der Waals surface area contributed by atoms with Crippen molar-refractivity contribution in [2.24, 2.45) is 0 Å². The van der Waals surface area contributed by atoms with E-state index in [2.05, 4.69) is 5.32 Å². The van der Waals surface area contributed by atoms with Crippen molar-refractivity contribution in [3.8, 4) is 0 Å². The highest BCUT2D eigenvalue weighted by Crippen LogP contribution is 2.11. The first-order valence-electron chi connectivity index (χ1n) is 6.92. The Morgan fingerprint density at radius 3 is 2.78 bits per heavy atom. The van der Waals surface area contributed by atoms with Crippen LogP contribution in [0.25, 0.3) is 0 Å². The van der Waals surface area contributed by atoms with E-state index in [4.69, 9.17) is 0 Å². The number of nitrogens with one attached hydrogen (secondary N) is 1. The second-order valence-electron chi connectivity index (χ2n) is 4.69. The maximum atomic E-state index is 11.3. The van der Waals surface area contributed by atoms with E-state index in [1.165, 1.54) is 0 Å². The molecule has 18 heavy (non-hydrogen) atoms. The summed E-state index contributed by atoms with van der Waals surface area (Å²) < 4.78 is 0. The Morgan fingerprint density at radius 1 is 1.33 bits per heavy atom. The van der Waals surface area contributed by atoms with Gasteiger partial charge in [-0.15, -0.1) is 0 Å². The lowest BCUT2D eigenvalue weighted by molar-refractivity contribution is -0.127. The van der Waals surface area contributed by atoms with Crippen LogP contribution in [-0.4, -0.2) is 36.3 Å². The van der Waals surface area contributed by atoms with Crippen molar-refractivity contribution in [2.75, 3.05) is 19.6 Å². The van der Waals surface area contributed by atoms with Crippen LogP contribution in [0.15, 0.2) is 12.2 Å². The van der Waals surface area contributed by atoms with Gasteiger partial charge in [-0.05, 0) is 32.3 Å². The highest BCUT2D eigenvalue weighted by Gasteiger charge is 2.18. The summed E-state index contributed by atoms with van der Waals surface area (Å²) in [6.45, 7) is 4.42. The van der Waals surface area contributed by atoms with Gasteiger partial charge in [0, 0.05) is 26.1 Å². The molecule has 1 heterocycles.